The fourth-order valence-corrected chi connectivity index (χ4v) is 2.82. The van der Waals surface area contributed by atoms with Crippen LogP contribution in [-0.2, 0) is 17.6 Å². The van der Waals surface area contributed by atoms with Gasteiger partial charge in [-0.25, -0.2) is 0 Å². The summed E-state index contributed by atoms with van der Waals surface area (Å²) in [7, 11) is 0. The molecule has 1 aliphatic rings. The second-order valence-corrected chi connectivity index (χ2v) is 5.83. The van der Waals surface area contributed by atoms with Crippen molar-refractivity contribution in [3.8, 4) is 11.5 Å². The predicted molar refractivity (Wildman–Crippen MR) is 90.6 cm³/mol. The zero-order chi connectivity index (χ0) is 17.1. The fourth-order valence-electron chi connectivity index (χ4n) is 2.82. The van der Waals surface area contributed by atoms with Crippen molar-refractivity contribution in [3.63, 3.8) is 0 Å². The van der Waals surface area contributed by atoms with Gasteiger partial charge in [0.1, 0.15) is 5.82 Å². The number of carbonyl (C=O) groups excluding carboxylic acids is 1. The van der Waals surface area contributed by atoms with Gasteiger partial charge in [-0.15, -0.1) is 10.2 Å². The van der Waals surface area contributed by atoms with Crippen molar-refractivity contribution in [2.75, 3.05) is 13.3 Å². The Bertz CT molecular complexity index is 906. The van der Waals surface area contributed by atoms with Gasteiger partial charge in [-0.3, -0.25) is 9.20 Å². The molecule has 128 valence electrons. The van der Waals surface area contributed by atoms with E-state index in [0.717, 1.165) is 28.5 Å². The van der Waals surface area contributed by atoms with E-state index in [1.54, 1.807) is 0 Å². The van der Waals surface area contributed by atoms with Gasteiger partial charge < -0.3 is 14.8 Å². The van der Waals surface area contributed by atoms with E-state index in [1.807, 2.05) is 47.0 Å². The Morgan fingerprint density at radius 3 is 3.00 bits per heavy atom. The third kappa shape index (κ3) is 3.40. The number of aryl methyl sites for hydroxylation is 1. The van der Waals surface area contributed by atoms with Crippen molar-refractivity contribution in [2.24, 2.45) is 0 Å². The Morgan fingerprint density at radius 1 is 1.12 bits per heavy atom. The highest BCUT2D eigenvalue weighted by molar-refractivity contribution is 5.76. The molecule has 2 aromatic heterocycles. The van der Waals surface area contributed by atoms with Crippen molar-refractivity contribution in [1.29, 1.82) is 0 Å². The van der Waals surface area contributed by atoms with E-state index in [2.05, 4.69) is 15.5 Å². The molecule has 0 spiro atoms. The number of ether oxygens (including phenoxy) is 2. The summed E-state index contributed by atoms with van der Waals surface area (Å²) in [5.41, 5.74) is 1.87. The quantitative estimate of drug-likeness (QED) is 0.741. The third-order valence-electron chi connectivity index (χ3n) is 4.13. The number of carbonyl (C=O) groups is 1. The van der Waals surface area contributed by atoms with E-state index in [4.69, 9.17) is 9.47 Å². The molecule has 0 radical (unpaired) electrons. The van der Waals surface area contributed by atoms with Gasteiger partial charge in [-0.05, 0) is 36.2 Å². The van der Waals surface area contributed by atoms with Gasteiger partial charge in [0.2, 0.25) is 12.7 Å². The first-order valence-corrected chi connectivity index (χ1v) is 8.23. The van der Waals surface area contributed by atoms with Crippen molar-refractivity contribution < 1.29 is 14.3 Å². The molecule has 3 aromatic rings. The SMILES string of the molecule is O=C(CCc1ccc2c(c1)OCO2)NCCc1nnc2ccccn12. The van der Waals surface area contributed by atoms with Crippen molar-refractivity contribution in [3.05, 3.63) is 54.0 Å². The normalized spacial score (nSPS) is 12.5. The number of fused-ring (bicyclic) bond motifs is 2. The lowest BCUT2D eigenvalue weighted by molar-refractivity contribution is -0.121. The molecule has 0 saturated heterocycles. The van der Waals surface area contributed by atoms with Crippen LogP contribution in [0.3, 0.4) is 0 Å². The van der Waals surface area contributed by atoms with Gasteiger partial charge in [0.25, 0.3) is 0 Å². The molecule has 7 nitrogen and oxygen atoms in total. The number of hydrogen-bond acceptors (Lipinski definition) is 5. The van der Waals surface area contributed by atoms with Crippen LogP contribution in [0.2, 0.25) is 0 Å². The number of aromatic nitrogens is 3. The van der Waals surface area contributed by atoms with Gasteiger partial charge in [0, 0.05) is 25.6 Å². The molecular weight excluding hydrogens is 320 g/mol. The lowest BCUT2D eigenvalue weighted by Crippen LogP contribution is -2.26. The molecule has 1 aliphatic heterocycles. The van der Waals surface area contributed by atoms with E-state index in [0.29, 0.717) is 25.8 Å². The van der Waals surface area contributed by atoms with E-state index < -0.39 is 0 Å². The minimum absolute atomic E-state index is 0.0199. The Labute approximate surface area is 144 Å². The molecule has 0 atom stereocenters. The first kappa shape index (κ1) is 15.4. The average Bonchev–Trinajstić information content (AvgIpc) is 3.26. The molecule has 0 aliphatic carbocycles. The minimum atomic E-state index is 0.0199. The summed E-state index contributed by atoms with van der Waals surface area (Å²) in [5.74, 6) is 2.36. The standard InChI is InChI=1S/C18H18N4O3/c23-18(7-5-13-4-6-14-15(11-13)25-12-24-14)19-9-8-17-21-20-16-3-1-2-10-22(16)17/h1-4,6,10-11H,5,7-9,12H2,(H,19,23). The minimum Gasteiger partial charge on any atom is -0.454 e. The predicted octanol–water partition coefficient (Wildman–Crippen LogP) is 1.75. The number of benzene rings is 1. The molecule has 4 rings (SSSR count). The lowest BCUT2D eigenvalue weighted by atomic mass is 10.1. The number of pyridine rings is 1. The van der Waals surface area contributed by atoms with Gasteiger partial charge >= 0.3 is 0 Å². The van der Waals surface area contributed by atoms with Gasteiger partial charge in [-0.2, -0.15) is 0 Å². The molecule has 7 heteroatoms. The Kier molecular flexibility index (Phi) is 4.20. The fraction of sp³-hybridized carbons (Fsp3) is 0.278. The summed E-state index contributed by atoms with van der Waals surface area (Å²) in [6.45, 7) is 0.798. The van der Waals surface area contributed by atoms with E-state index in [-0.39, 0.29) is 12.7 Å². The molecule has 0 unspecified atom stereocenters. The van der Waals surface area contributed by atoms with Crippen molar-refractivity contribution in [2.45, 2.75) is 19.3 Å². The summed E-state index contributed by atoms with van der Waals surface area (Å²) in [4.78, 5) is 12.0. The summed E-state index contributed by atoms with van der Waals surface area (Å²) in [6.07, 6.45) is 3.66. The summed E-state index contributed by atoms with van der Waals surface area (Å²) < 4.78 is 12.6. The summed E-state index contributed by atoms with van der Waals surface area (Å²) >= 11 is 0. The van der Waals surface area contributed by atoms with Crippen LogP contribution in [0, 0.1) is 0 Å². The first-order chi connectivity index (χ1) is 12.3. The summed E-state index contributed by atoms with van der Waals surface area (Å²) in [6, 6.07) is 11.5. The van der Waals surface area contributed by atoms with Crippen LogP contribution in [0.15, 0.2) is 42.6 Å². The molecule has 0 saturated carbocycles. The highest BCUT2D eigenvalue weighted by atomic mass is 16.7. The number of rotatable bonds is 6. The van der Waals surface area contributed by atoms with Gasteiger partial charge in [-0.1, -0.05) is 12.1 Å². The molecule has 1 amide bonds. The second-order valence-electron chi connectivity index (χ2n) is 5.83. The molecule has 3 heterocycles. The molecule has 25 heavy (non-hydrogen) atoms. The van der Waals surface area contributed by atoms with Crippen LogP contribution < -0.4 is 14.8 Å². The van der Waals surface area contributed by atoms with Crippen LogP contribution >= 0.6 is 0 Å². The topological polar surface area (TPSA) is 77.8 Å². The Morgan fingerprint density at radius 2 is 2.04 bits per heavy atom. The number of nitrogens with zero attached hydrogens (tertiary/aromatic N) is 3. The Balaban J connectivity index is 1.25. The van der Waals surface area contributed by atoms with E-state index in [1.165, 1.54) is 0 Å². The van der Waals surface area contributed by atoms with Crippen LogP contribution in [0.4, 0.5) is 0 Å². The van der Waals surface area contributed by atoms with Crippen molar-refractivity contribution >= 4 is 11.6 Å². The maximum absolute atomic E-state index is 12.0. The van der Waals surface area contributed by atoms with E-state index in [9.17, 15) is 4.79 Å². The van der Waals surface area contributed by atoms with Crippen LogP contribution in [-0.4, -0.2) is 33.8 Å². The first-order valence-electron chi connectivity index (χ1n) is 8.23. The monoisotopic (exact) mass is 338 g/mol. The molecule has 0 fully saturated rings. The zero-order valence-corrected chi connectivity index (χ0v) is 13.6. The average molecular weight is 338 g/mol. The van der Waals surface area contributed by atoms with Crippen LogP contribution in [0.5, 0.6) is 11.5 Å². The highest BCUT2D eigenvalue weighted by Gasteiger charge is 2.13. The largest absolute Gasteiger partial charge is 0.454 e. The lowest BCUT2D eigenvalue weighted by Gasteiger charge is -2.05. The van der Waals surface area contributed by atoms with Crippen LogP contribution in [0.25, 0.3) is 5.65 Å². The molecule has 1 N–H and O–H groups in total. The molecular formula is C18H18N4O3. The number of hydrogen-bond donors (Lipinski definition) is 1. The number of amides is 1. The molecule has 1 aromatic carbocycles. The highest BCUT2D eigenvalue weighted by Crippen LogP contribution is 2.32. The molecule has 0 bridgehead atoms. The van der Waals surface area contributed by atoms with Gasteiger partial charge in [0.15, 0.2) is 17.1 Å². The maximum Gasteiger partial charge on any atom is 0.231 e. The summed E-state index contributed by atoms with van der Waals surface area (Å²) in [5, 5.41) is 11.2. The second kappa shape index (κ2) is 6.80. The Hall–Kier alpha value is -3.09. The maximum atomic E-state index is 12.0. The zero-order valence-electron chi connectivity index (χ0n) is 13.6. The third-order valence-corrected chi connectivity index (χ3v) is 4.13. The van der Waals surface area contributed by atoms with Crippen molar-refractivity contribution in [1.82, 2.24) is 19.9 Å². The number of nitrogens with one attached hydrogen (secondary N) is 1. The van der Waals surface area contributed by atoms with Crippen LogP contribution in [0.1, 0.15) is 17.8 Å². The smallest absolute Gasteiger partial charge is 0.231 e. The van der Waals surface area contributed by atoms with E-state index >= 15 is 0 Å². The van der Waals surface area contributed by atoms with Gasteiger partial charge in [0.05, 0.1) is 0 Å².